The highest BCUT2D eigenvalue weighted by Gasteiger charge is 2.05. The van der Waals surface area contributed by atoms with E-state index in [0.29, 0.717) is 10.3 Å². The third-order valence-electron chi connectivity index (χ3n) is 1.63. The molecule has 0 fully saturated rings. The number of halogens is 1. The fourth-order valence-electron chi connectivity index (χ4n) is 0.995. The van der Waals surface area contributed by atoms with Crippen LogP contribution in [0.5, 0.6) is 0 Å². The van der Waals surface area contributed by atoms with Gasteiger partial charge in [0.05, 0.1) is 0 Å². The highest BCUT2D eigenvalue weighted by Crippen LogP contribution is 2.23. The van der Waals surface area contributed by atoms with Crippen molar-refractivity contribution in [2.24, 2.45) is 0 Å². The van der Waals surface area contributed by atoms with Gasteiger partial charge in [0.15, 0.2) is 5.16 Å². The Morgan fingerprint density at radius 1 is 1.47 bits per heavy atom. The van der Waals surface area contributed by atoms with E-state index in [1.165, 1.54) is 18.1 Å². The Morgan fingerprint density at radius 3 is 3.00 bits per heavy atom. The zero-order valence-corrected chi connectivity index (χ0v) is 9.51. The second kappa shape index (κ2) is 4.59. The summed E-state index contributed by atoms with van der Waals surface area (Å²) < 4.78 is 0. The molecule has 0 amide bonds. The molecular formula is C8H8ClN5S. The van der Waals surface area contributed by atoms with Gasteiger partial charge in [-0.1, -0.05) is 18.5 Å². The van der Waals surface area contributed by atoms with Crippen LogP contribution in [-0.4, -0.2) is 25.1 Å². The maximum Gasteiger partial charge on any atom is 0.189 e. The summed E-state index contributed by atoms with van der Waals surface area (Å²) >= 11 is 7.23. The zero-order chi connectivity index (χ0) is 10.7. The van der Waals surface area contributed by atoms with Crippen LogP contribution in [0.2, 0.25) is 5.15 Å². The van der Waals surface area contributed by atoms with Gasteiger partial charge in [0.2, 0.25) is 0 Å². The molecule has 2 rings (SSSR count). The molecule has 0 aromatic carbocycles. The molecule has 7 heteroatoms. The summed E-state index contributed by atoms with van der Waals surface area (Å²) in [6, 6.07) is 1.70. The van der Waals surface area contributed by atoms with E-state index in [1.807, 2.05) is 6.92 Å². The Hall–Kier alpha value is -1.14. The van der Waals surface area contributed by atoms with Crippen molar-refractivity contribution >= 4 is 23.4 Å². The lowest BCUT2D eigenvalue weighted by atomic mass is 10.4. The molecule has 78 valence electrons. The minimum atomic E-state index is 0.448. The number of H-pyrrole nitrogens is 1. The van der Waals surface area contributed by atoms with E-state index < -0.39 is 0 Å². The third-order valence-corrected chi connectivity index (χ3v) is 2.63. The molecule has 0 aliphatic rings. The predicted octanol–water partition coefficient (Wildman–Crippen LogP) is 1.96. The van der Waals surface area contributed by atoms with E-state index in [0.717, 1.165) is 17.3 Å². The molecule has 5 nitrogen and oxygen atoms in total. The monoisotopic (exact) mass is 241 g/mol. The second-order valence-electron chi connectivity index (χ2n) is 2.69. The normalized spacial score (nSPS) is 10.5. The molecule has 0 atom stereocenters. The Morgan fingerprint density at radius 2 is 2.33 bits per heavy atom. The first kappa shape index (κ1) is 10.4. The first-order valence-corrected chi connectivity index (χ1v) is 5.54. The molecule has 15 heavy (non-hydrogen) atoms. The molecule has 0 saturated carbocycles. The van der Waals surface area contributed by atoms with Gasteiger partial charge in [-0.05, 0) is 11.8 Å². The van der Waals surface area contributed by atoms with E-state index in [1.54, 1.807) is 6.07 Å². The summed E-state index contributed by atoms with van der Waals surface area (Å²) in [6.07, 6.45) is 2.20. The Balaban J connectivity index is 2.24. The molecule has 0 spiro atoms. The number of rotatable bonds is 3. The van der Waals surface area contributed by atoms with E-state index in [4.69, 9.17) is 11.6 Å². The summed E-state index contributed by atoms with van der Waals surface area (Å²) in [4.78, 5) is 12.4. The quantitative estimate of drug-likeness (QED) is 0.832. The fourth-order valence-corrected chi connectivity index (χ4v) is 1.98. The van der Waals surface area contributed by atoms with Gasteiger partial charge in [-0.3, -0.25) is 5.10 Å². The van der Waals surface area contributed by atoms with Gasteiger partial charge in [-0.25, -0.2) is 15.0 Å². The highest BCUT2D eigenvalue weighted by atomic mass is 35.5. The molecule has 0 unspecified atom stereocenters. The fraction of sp³-hybridized carbons (Fsp3) is 0.250. The summed E-state index contributed by atoms with van der Waals surface area (Å²) in [5.41, 5.74) is 0. The minimum absolute atomic E-state index is 0.448. The Bertz CT molecular complexity index is 444. The lowest BCUT2D eigenvalue weighted by Crippen LogP contribution is -1.94. The van der Waals surface area contributed by atoms with Crippen LogP contribution in [0.15, 0.2) is 22.6 Å². The average Bonchev–Trinajstić information content (AvgIpc) is 2.69. The SMILES string of the molecule is CCc1nc(Cl)cc(Sc2ncn[nH]2)n1. The van der Waals surface area contributed by atoms with Crippen molar-refractivity contribution in [3.8, 4) is 0 Å². The molecule has 0 aliphatic heterocycles. The van der Waals surface area contributed by atoms with Crippen molar-refractivity contribution in [1.82, 2.24) is 25.1 Å². The van der Waals surface area contributed by atoms with Gasteiger partial charge in [0, 0.05) is 12.5 Å². The number of hydrogen-bond donors (Lipinski definition) is 1. The number of hydrogen-bond acceptors (Lipinski definition) is 5. The van der Waals surface area contributed by atoms with Crippen molar-refractivity contribution in [2.45, 2.75) is 23.5 Å². The molecule has 1 N–H and O–H groups in total. The van der Waals surface area contributed by atoms with Gasteiger partial charge in [-0.2, -0.15) is 5.10 Å². The molecule has 2 aromatic heterocycles. The zero-order valence-electron chi connectivity index (χ0n) is 7.94. The summed E-state index contributed by atoms with van der Waals surface area (Å²) in [7, 11) is 0. The molecule has 0 bridgehead atoms. The van der Waals surface area contributed by atoms with E-state index in [-0.39, 0.29) is 0 Å². The molecule has 2 heterocycles. The molecule has 2 aromatic rings. The van der Waals surface area contributed by atoms with Crippen LogP contribution >= 0.6 is 23.4 Å². The maximum absolute atomic E-state index is 5.86. The Labute approximate surface area is 95.7 Å². The van der Waals surface area contributed by atoms with Gasteiger partial charge in [-0.15, -0.1) is 0 Å². The average molecular weight is 242 g/mol. The Kier molecular flexibility index (Phi) is 3.17. The van der Waals surface area contributed by atoms with Crippen molar-refractivity contribution in [2.75, 3.05) is 0 Å². The lowest BCUT2D eigenvalue weighted by molar-refractivity contribution is 0.884. The largest absolute Gasteiger partial charge is 0.254 e. The number of aryl methyl sites for hydroxylation is 1. The molecule has 0 saturated heterocycles. The number of nitrogens with zero attached hydrogens (tertiary/aromatic N) is 4. The van der Waals surface area contributed by atoms with Crippen LogP contribution in [-0.2, 0) is 6.42 Å². The predicted molar refractivity (Wildman–Crippen MR) is 56.9 cm³/mol. The summed E-state index contributed by atoms with van der Waals surface area (Å²) in [5.74, 6) is 0.726. The molecule has 0 aliphatic carbocycles. The molecule has 0 radical (unpaired) electrons. The smallest absolute Gasteiger partial charge is 0.189 e. The van der Waals surface area contributed by atoms with Gasteiger partial charge in [0.25, 0.3) is 0 Å². The van der Waals surface area contributed by atoms with Crippen LogP contribution in [0.1, 0.15) is 12.7 Å². The first-order chi connectivity index (χ1) is 7.28. The summed E-state index contributed by atoms with van der Waals surface area (Å²) in [5, 5.41) is 8.39. The standard InChI is InChI=1S/C8H8ClN5S/c1-2-6-12-5(9)3-7(13-6)15-8-10-4-11-14-8/h3-4H,2H2,1H3,(H,10,11,14). The van der Waals surface area contributed by atoms with Crippen molar-refractivity contribution < 1.29 is 0 Å². The van der Waals surface area contributed by atoms with Gasteiger partial charge < -0.3 is 0 Å². The van der Waals surface area contributed by atoms with E-state index >= 15 is 0 Å². The summed E-state index contributed by atoms with van der Waals surface area (Å²) in [6.45, 7) is 1.98. The topological polar surface area (TPSA) is 67.3 Å². The lowest BCUT2D eigenvalue weighted by Gasteiger charge is -2.00. The minimum Gasteiger partial charge on any atom is -0.254 e. The van der Waals surface area contributed by atoms with Crippen LogP contribution in [0.25, 0.3) is 0 Å². The first-order valence-electron chi connectivity index (χ1n) is 4.34. The van der Waals surface area contributed by atoms with E-state index in [2.05, 4.69) is 25.1 Å². The molecular weight excluding hydrogens is 234 g/mol. The third kappa shape index (κ3) is 2.66. The number of nitrogens with one attached hydrogen (secondary N) is 1. The van der Waals surface area contributed by atoms with Gasteiger partial charge >= 0.3 is 0 Å². The van der Waals surface area contributed by atoms with Crippen molar-refractivity contribution in [3.05, 3.63) is 23.4 Å². The van der Waals surface area contributed by atoms with Crippen LogP contribution in [0.3, 0.4) is 0 Å². The van der Waals surface area contributed by atoms with E-state index in [9.17, 15) is 0 Å². The maximum atomic E-state index is 5.86. The number of aromatic amines is 1. The van der Waals surface area contributed by atoms with Crippen LogP contribution < -0.4 is 0 Å². The van der Waals surface area contributed by atoms with Crippen LogP contribution in [0, 0.1) is 0 Å². The van der Waals surface area contributed by atoms with Crippen molar-refractivity contribution in [3.63, 3.8) is 0 Å². The van der Waals surface area contributed by atoms with Crippen LogP contribution in [0.4, 0.5) is 0 Å². The highest BCUT2D eigenvalue weighted by molar-refractivity contribution is 7.99. The van der Waals surface area contributed by atoms with Crippen molar-refractivity contribution in [1.29, 1.82) is 0 Å². The number of aromatic nitrogens is 5. The second-order valence-corrected chi connectivity index (χ2v) is 4.09. The van der Waals surface area contributed by atoms with Gasteiger partial charge in [0.1, 0.15) is 22.3 Å².